The van der Waals surface area contributed by atoms with Gasteiger partial charge in [-0.15, -0.1) is 0 Å². The molecule has 0 aromatic rings. The van der Waals surface area contributed by atoms with Gasteiger partial charge in [-0.3, -0.25) is 9.69 Å². The van der Waals surface area contributed by atoms with E-state index in [0.29, 0.717) is 26.3 Å². The molecule has 124 valence electrons. The topological polar surface area (TPSA) is 65.7 Å². The summed E-state index contributed by atoms with van der Waals surface area (Å²) in [6.07, 6.45) is 5.27. The van der Waals surface area contributed by atoms with Crippen molar-refractivity contribution in [1.29, 1.82) is 0 Å². The van der Waals surface area contributed by atoms with Gasteiger partial charge in [0.2, 0.25) is 0 Å². The van der Waals surface area contributed by atoms with E-state index in [1.807, 2.05) is 6.92 Å². The molecule has 3 atom stereocenters. The highest BCUT2D eigenvalue weighted by atomic mass is 16.6. The Labute approximate surface area is 131 Å². The average Bonchev–Trinajstić information content (AvgIpc) is 3.38. The van der Waals surface area contributed by atoms with Crippen LogP contribution in [0, 0.1) is 0 Å². The zero-order valence-electron chi connectivity index (χ0n) is 13.5. The number of epoxide rings is 2. The van der Waals surface area contributed by atoms with Gasteiger partial charge in [0.1, 0.15) is 5.54 Å². The number of ether oxygens (including phenoxy) is 2. The van der Waals surface area contributed by atoms with Crippen LogP contribution in [0.25, 0.3) is 0 Å². The lowest BCUT2D eigenvalue weighted by molar-refractivity contribution is -0.133. The van der Waals surface area contributed by atoms with Crippen LogP contribution in [-0.2, 0) is 14.3 Å². The number of carbonyl (C=O) groups is 2. The Hall–Kier alpha value is -1.14. The fourth-order valence-corrected chi connectivity index (χ4v) is 3.18. The average molecular weight is 310 g/mol. The fourth-order valence-electron chi connectivity index (χ4n) is 3.18. The van der Waals surface area contributed by atoms with Gasteiger partial charge in [-0.25, -0.2) is 4.79 Å². The summed E-state index contributed by atoms with van der Waals surface area (Å²) in [5, 5.41) is 0. The van der Waals surface area contributed by atoms with Crippen LogP contribution in [-0.4, -0.2) is 65.8 Å². The summed E-state index contributed by atoms with van der Waals surface area (Å²) in [5.41, 5.74) is -0.717. The first-order valence-electron chi connectivity index (χ1n) is 8.43. The van der Waals surface area contributed by atoms with Crippen molar-refractivity contribution in [1.82, 2.24) is 9.80 Å². The first-order valence-corrected chi connectivity index (χ1v) is 8.43. The Balaban J connectivity index is 1.69. The summed E-state index contributed by atoms with van der Waals surface area (Å²) >= 11 is 0. The van der Waals surface area contributed by atoms with E-state index in [2.05, 4.69) is 6.92 Å². The second-order valence-corrected chi connectivity index (χ2v) is 6.80. The molecule has 0 spiro atoms. The summed E-state index contributed by atoms with van der Waals surface area (Å²) in [6, 6.07) is -0.172. The summed E-state index contributed by atoms with van der Waals surface area (Å²) in [7, 11) is 0. The Bertz CT molecular complexity index is 447. The number of amides is 3. The van der Waals surface area contributed by atoms with Crippen LogP contribution in [0.3, 0.4) is 0 Å². The van der Waals surface area contributed by atoms with Crippen LogP contribution in [0.4, 0.5) is 4.79 Å². The minimum atomic E-state index is -0.717. The van der Waals surface area contributed by atoms with Crippen molar-refractivity contribution in [2.45, 2.75) is 63.7 Å². The minimum absolute atomic E-state index is 0.0365. The van der Waals surface area contributed by atoms with Gasteiger partial charge in [0.15, 0.2) is 0 Å². The number of unbranched alkanes of at least 4 members (excludes halogenated alkanes) is 3. The van der Waals surface area contributed by atoms with Crippen LogP contribution in [0.5, 0.6) is 0 Å². The molecule has 3 aliphatic rings. The van der Waals surface area contributed by atoms with Crippen molar-refractivity contribution < 1.29 is 19.1 Å². The van der Waals surface area contributed by atoms with E-state index in [4.69, 9.17) is 9.47 Å². The second-order valence-electron chi connectivity index (χ2n) is 6.80. The number of rotatable bonds is 9. The Morgan fingerprint density at radius 3 is 2.32 bits per heavy atom. The first kappa shape index (κ1) is 15.7. The lowest BCUT2D eigenvalue weighted by Crippen LogP contribution is -2.48. The van der Waals surface area contributed by atoms with Gasteiger partial charge in [0.25, 0.3) is 5.91 Å². The third-order valence-electron chi connectivity index (χ3n) is 4.86. The quantitative estimate of drug-likeness (QED) is 0.370. The first-order chi connectivity index (χ1) is 10.6. The smallest absolute Gasteiger partial charge is 0.327 e. The van der Waals surface area contributed by atoms with Gasteiger partial charge < -0.3 is 14.4 Å². The van der Waals surface area contributed by atoms with Crippen LogP contribution >= 0.6 is 0 Å². The maximum Gasteiger partial charge on any atom is 0.327 e. The van der Waals surface area contributed by atoms with Crippen LogP contribution in [0.1, 0.15) is 46.0 Å². The summed E-state index contributed by atoms with van der Waals surface area (Å²) in [5.74, 6) is -0.0647. The standard InChI is InChI=1S/C16H26N2O4/c1-3-4-5-6-7-16(2)14(19)17(8-12-10-21-12)15(20)18(16)9-13-11-22-13/h12-13H,3-11H2,1-2H3/t12?,13?,16-/m0/s1. The van der Waals surface area contributed by atoms with E-state index in [1.165, 1.54) is 11.3 Å². The highest BCUT2D eigenvalue weighted by Crippen LogP contribution is 2.35. The molecular formula is C16H26N2O4. The molecule has 3 fully saturated rings. The maximum absolute atomic E-state index is 12.8. The monoisotopic (exact) mass is 310 g/mol. The van der Waals surface area contributed by atoms with Crippen molar-refractivity contribution in [3.8, 4) is 0 Å². The molecule has 6 heteroatoms. The zero-order valence-corrected chi connectivity index (χ0v) is 13.5. The van der Waals surface area contributed by atoms with Crippen LogP contribution in [0.15, 0.2) is 0 Å². The molecular weight excluding hydrogens is 284 g/mol. The van der Waals surface area contributed by atoms with Crippen LogP contribution in [0.2, 0.25) is 0 Å². The summed E-state index contributed by atoms with van der Waals surface area (Å²) in [4.78, 5) is 28.6. The number of hydrogen-bond donors (Lipinski definition) is 0. The molecule has 6 nitrogen and oxygen atoms in total. The van der Waals surface area contributed by atoms with Gasteiger partial charge in [-0.05, 0) is 13.3 Å². The number of nitrogens with zero attached hydrogens (tertiary/aromatic N) is 2. The van der Waals surface area contributed by atoms with Gasteiger partial charge >= 0.3 is 6.03 Å². The highest BCUT2D eigenvalue weighted by Gasteiger charge is 2.55. The Kier molecular flexibility index (Phi) is 4.41. The summed E-state index contributed by atoms with van der Waals surface area (Å²) in [6.45, 7) is 6.34. The molecule has 0 radical (unpaired) electrons. The van der Waals surface area contributed by atoms with Crippen molar-refractivity contribution >= 4 is 11.9 Å². The van der Waals surface area contributed by atoms with Gasteiger partial charge in [-0.2, -0.15) is 0 Å². The minimum Gasteiger partial charge on any atom is -0.371 e. The largest absolute Gasteiger partial charge is 0.371 e. The van der Waals surface area contributed by atoms with E-state index < -0.39 is 5.54 Å². The van der Waals surface area contributed by atoms with E-state index in [0.717, 1.165) is 25.7 Å². The normalized spacial score (nSPS) is 33.7. The molecule has 2 unspecified atom stereocenters. The van der Waals surface area contributed by atoms with Crippen molar-refractivity contribution in [3.63, 3.8) is 0 Å². The van der Waals surface area contributed by atoms with Gasteiger partial charge in [-0.1, -0.05) is 32.6 Å². The Morgan fingerprint density at radius 1 is 1.09 bits per heavy atom. The lowest BCUT2D eigenvalue weighted by Gasteiger charge is -2.31. The number of imide groups is 1. The van der Waals surface area contributed by atoms with E-state index in [9.17, 15) is 9.59 Å². The number of urea groups is 1. The number of carbonyl (C=O) groups excluding carboxylic acids is 2. The molecule has 22 heavy (non-hydrogen) atoms. The van der Waals surface area contributed by atoms with Crippen molar-refractivity contribution in [3.05, 3.63) is 0 Å². The molecule has 0 aromatic carbocycles. The van der Waals surface area contributed by atoms with Crippen molar-refractivity contribution in [2.24, 2.45) is 0 Å². The molecule has 0 aromatic heterocycles. The van der Waals surface area contributed by atoms with E-state index in [1.54, 1.807) is 4.90 Å². The number of hydrogen-bond acceptors (Lipinski definition) is 4. The zero-order chi connectivity index (χ0) is 15.7. The van der Waals surface area contributed by atoms with Crippen LogP contribution < -0.4 is 0 Å². The molecule has 3 aliphatic heterocycles. The summed E-state index contributed by atoms with van der Waals surface area (Å²) < 4.78 is 10.5. The van der Waals surface area contributed by atoms with Gasteiger partial charge in [0, 0.05) is 0 Å². The Morgan fingerprint density at radius 2 is 1.73 bits per heavy atom. The van der Waals surface area contributed by atoms with E-state index >= 15 is 0 Å². The lowest BCUT2D eigenvalue weighted by atomic mass is 9.92. The molecule has 3 amide bonds. The predicted octanol–water partition coefficient (Wildman–Crippen LogP) is 1.78. The maximum atomic E-state index is 12.8. The second kappa shape index (κ2) is 6.16. The van der Waals surface area contributed by atoms with E-state index in [-0.39, 0.29) is 24.1 Å². The predicted molar refractivity (Wildman–Crippen MR) is 80.5 cm³/mol. The molecule has 0 saturated carbocycles. The highest BCUT2D eigenvalue weighted by molar-refractivity contribution is 6.06. The van der Waals surface area contributed by atoms with Crippen molar-refractivity contribution in [2.75, 3.05) is 26.3 Å². The SMILES string of the molecule is CCCCCC[C@@]1(C)C(=O)N(CC2CO2)C(=O)N1CC1CO1. The third kappa shape index (κ3) is 3.13. The fraction of sp³-hybridized carbons (Fsp3) is 0.875. The molecule has 0 N–H and O–H groups in total. The molecule has 3 rings (SSSR count). The molecule has 0 aliphatic carbocycles. The molecule has 0 bridgehead atoms. The molecule has 3 heterocycles. The third-order valence-corrected chi connectivity index (χ3v) is 4.86. The van der Waals surface area contributed by atoms with Gasteiger partial charge in [0.05, 0.1) is 38.5 Å². The molecule has 3 saturated heterocycles.